The van der Waals surface area contributed by atoms with Crippen LogP contribution in [0.3, 0.4) is 0 Å². The zero-order chi connectivity index (χ0) is 26.7. The van der Waals surface area contributed by atoms with Gasteiger partial charge in [-0.25, -0.2) is 9.59 Å². The summed E-state index contributed by atoms with van der Waals surface area (Å²) in [5.74, 6) is -3.24. The van der Waals surface area contributed by atoms with Gasteiger partial charge in [-0.15, -0.1) is 0 Å². The number of ether oxygens (including phenoxy) is 1. The molecule has 1 atom stereocenters. The Morgan fingerprint density at radius 2 is 1.24 bits per heavy atom. The second-order valence-electron chi connectivity index (χ2n) is 7.77. The van der Waals surface area contributed by atoms with Crippen molar-refractivity contribution >= 4 is 70.3 Å². The van der Waals surface area contributed by atoms with Crippen LogP contribution in [0.25, 0.3) is 0 Å². The SMILES string of the molecule is O=C(NC(Cc1ccccc1)C(=O)ON1C(=O)c2c(Cl)c(Cl)c(Cl)c(Cl)c2C1=O)OCc1ccccc1. The Hall–Kier alpha value is -3.30. The third kappa shape index (κ3) is 5.67. The van der Waals surface area contributed by atoms with Gasteiger partial charge in [-0.05, 0) is 11.1 Å². The molecule has 0 fully saturated rings. The summed E-state index contributed by atoms with van der Waals surface area (Å²) in [4.78, 5) is 56.5. The van der Waals surface area contributed by atoms with Gasteiger partial charge in [0, 0.05) is 6.42 Å². The maximum atomic E-state index is 13.1. The minimum absolute atomic E-state index is 0.0253. The number of hydrogen-bond donors (Lipinski definition) is 1. The molecule has 37 heavy (non-hydrogen) atoms. The number of carbonyl (C=O) groups is 4. The van der Waals surface area contributed by atoms with Crippen molar-refractivity contribution in [3.05, 3.63) is 103 Å². The maximum Gasteiger partial charge on any atom is 0.408 e. The van der Waals surface area contributed by atoms with Gasteiger partial charge in [0.05, 0.1) is 31.2 Å². The zero-order valence-corrected chi connectivity index (χ0v) is 21.7. The number of halogens is 4. The molecule has 1 aliphatic rings. The maximum absolute atomic E-state index is 13.1. The molecule has 12 heteroatoms. The van der Waals surface area contributed by atoms with Gasteiger partial charge in [0.15, 0.2) is 0 Å². The summed E-state index contributed by atoms with van der Waals surface area (Å²) in [6.45, 7) is -0.0449. The number of imide groups is 1. The third-order valence-corrected chi connectivity index (χ3v) is 7.12. The van der Waals surface area contributed by atoms with E-state index in [0.717, 1.165) is 5.56 Å². The first-order chi connectivity index (χ1) is 17.7. The highest BCUT2D eigenvalue weighted by molar-refractivity contribution is 6.55. The Morgan fingerprint density at radius 1 is 0.757 bits per heavy atom. The first kappa shape index (κ1) is 26.8. The average Bonchev–Trinajstić information content (AvgIpc) is 3.15. The first-order valence-corrected chi connectivity index (χ1v) is 12.2. The highest BCUT2D eigenvalue weighted by Crippen LogP contribution is 2.44. The molecule has 0 aromatic heterocycles. The van der Waals surface area contributed by atoms with Gasteiger partial charge in [0.25, 0.3) is 11.8 Å². The van der Waals surface area contributed by atoms with Gasteiger partial charge in [-0.3, -0.25) is 9.59 Å². The highest BCUT2D eigenvalue weighted by Gasteiger charge is 2.45. The van der Waals surface area contributed by atoms with Crippen molar-refractivity contribution < 1.29 is 28.8 Å². The van der Waals surface area contributed by atoms with Crippen LogP contribution in [-0.4, -0.2) is 35.0 Å². The van der Waals surface area contributed by atoms with Crippen LogP contribution < -0.4 is 5.32 Å². The number of nitrogens with zero attached hydrogens (tertiary/aromatic N) is 1. The molecule has 0 radical (unpaired) electrons. The second-order valence-corrected chi connectivity index (χ2v) is 9.28. The van der Waals surface area contributed by atoms with Gasteiger partial charge < -0.3 is 14.9 Å². The third-order valence-electron chi connectivity index (χ3n) is 5.32. The Bertz CT molecular complexity index is 1340. The molecule has 0 bridgehead atoms. The molecule has 1 aliphatic heterocycles. The molecule has 190 valence electrons. The minimum atomic E-state index is -1.33. The van der Waals surface area contributed by atoms with Gasteiger partial charge >= 0.3 is 12.1 Å². The second kappa shape index (κ2) is 11.4. The monoisotopic (exact) mass is 580 g/mol. The molecule has 3 aromatic carbocycles. The lowest BCUT2D eigenvalue weighted by Crippen LogP contribution is -2.46. The van der Waals surface area contributed by atoms with Gasteiger partial charge in [-0.2, -0.15) is 0 Å². The number of amides is 3. The van der Waals surface area contributed by atoms with Crippen molar-refractivity contribution in [2.24, 2.45) is 0 Å². The molecule has 3 aromatic rings. The number of carbonyl (C=O) groups excluding carboxylic acids is 4. The van der Waals surface area contributed by atoms with Gasteiger partial charge in [0.2, 0.25) is 0 Å². The van der Waals surface area contributed by atoms with E-state index in [0.29, 0.717) is 5.56 Å². The Labute approximate surface area is 230 Å². The summed E-state index contributed by atoms with van der Waals surface area (Å²) in [7, 11) is 0. The molecule has 0 saturated heterocycles. The molecule has 1 N–H and O–H groups in total. The van der Waals surface area contributed by atoms with Crippen molar-refractivity contribution in [2.75, 3.05) is 0 Å². The van der Waals surface area contributed by atoms with Crippen LogP contribution in [-0.2, 0) is 27.4 Å². The largest absolute Gasteiger partial charge is 0.445 e. The fraction of sp³-hybridized carbons (Fsp3) is 0.120. The number of nitrogens with one attached hydrogen (secondary N) is 1. The molecule has 1 heterocycles. The summed E-state index contributed by atoms with van der Waals surface area (Å²) >= 11 is 24.2. The number of rotatable bonds is 7. The van der Waals surface area contributed by atoms with Crippen molar-refractivity contribution in [2.45, 2.75) is 19.1 Å². The molecule has 3 amide bonds. The van der Waals surface area contributed by atoms with Gasteiger partial charge in [0.1, 0.15) is 12.6 Å². The lowest BCUT2D eigenvalue weighted by Gasteiger charge is -2.20. The van der Waals surface area contributed by atoms with E-state index in [4.69, 9.17) is 56.0 Å². The van der Waals surface area contributed by atoms with E-state index in [1.807, 2.05) is 6.07 Å². The van der Waals surface area contributed by atoms with Crippen LogP contribution in [0.5, 0.6) is 0 Å². The smallest absolute Gasteiger partial charge is 0.408 e. The number of benzene rings is 3. The Morgan fingerprint density at radius 3 is 1.76 bits per heavy atom. The van der Waals surface area contributed by atoms with Crippen LogP contribution in [0.4, 0.5) is 4.79 Å². The minimum Gasteiger partial charge on any atom is -0.445 e. The molecule has 8 nitrogen and oxygen atoms in total. The van der Waals surface area contributed by atoms with E-state index in [9.17, 15) is 19.2 Å². The molecule has 0 saturated carbocycles. The zero-order valence-electron chi connectivity index (χ0n) is 18.7. The summed E-state index contributed by atoms with van der Waals surface area (Å²) in [5, 5.41) is 1.54. The Kier molecular flexibility index (Phi) is 8.24. The standard InChI is InChI=1S/C25H16Cl4N2O6/c26-18-16-17(19(27)21(29)20(18)28)23(33)31(22(16)32)37-24(34)15(11-13-7-3-1-4-8-13)30-25(35)36-12-14-9-5-2-6-10-14/h1-10,15H,11-12H2,(H,30,35). The fourth-order valence-electron chi connectivity index (χ4n) is 3.52. The van der Waals surface area contributed by atoms with E-state index >= 15 is 0 Å². The number of hydrogen-bond acceptors (Lipinski definition) is 6. The van der Waals surface area contributed by atoms with Crippen molar-refractivity contribution in [1.82, 2.24) is 10.4 Å². The summed E-state index contributed by atoms with van der Waals surface area (Å²) < 4.78 is 5.20. The molecular formula is C25H16Cl4N2O6. The average molecular weight is 582 g/mol. The normalized spacial score (nSPS) is 13.2. The van der Waals surface area contributed by atoms with Crippen LogP contribution in [0, 0.1) is 0 Å². The molecular weight excluding hydrogens is 566 g/mol. The van der Waals surface area contributed by atoms with Crippen LogP contribution in [0.2, 0.25) is 20.1 Å². The highest BCUT2D eigenvalue weighted by atomic mass is 35.5. The summed E-state index contributed by atoms with van der Waals surface area (Å²) in [6.07, 6.45) is -0.934. The molecule has 4 rings (SSSR count). The summed E-state index contributed by atoms with van der Waals surface area (Å²) in [5.41, 5.74) is 0.694. The van der Waals surface area contributed by atoms with E-state index in [2.05, 4.69) is 5.32 Å². The predicted molar refractivity (Wildman–Crippen MR) is 137 cm³/mol. The van der Waals surface area contributed by atoms with Crippen LogP contribution in [0.15, 0.2) is 60.7 Å². The van der Waals surface area contributed by atoms with E-state index in [-0.39, 0.29) is 49.3 Å². The quantitative estimate of drug-likeness (QED) is 0.212. The lowest BCUT2D eigenvalue weighted by molar-refractivity contribution is -0.171. The molecule has 0 aliphatic carbocycles. The number of hydroxylamine groups is 2. The lowest BCUT2D eigenvalue weighted by atomic mass is 10.1. The van der Waals surface area contributed by atoms with Crippen molar-refractivity contribution in [3.63, 3.8) is 0 Å². The van der Waals surface area contributed by atoms with E-state index < -0.39 is 29.9 Å². The van der Waals surface area contributed by atoms with Crippen LogP contribution >= 0.6 is 46.4 Å². The van der Waals surface area contributed by atoms with Crippen LogP contribution in [0.1, 0.15) is 31.8 Å². The molecule has 1 unspecified atom stereocenters. The van der Waals surface area contributed by atoms with Crippen molar-refractivity contribution in [1.29, 1.82) is 0 Å². The predicted octanol–water partition coefficient (Wildman–Crippen LogP) is 5.89. The number of fused-ring (bicyclic) bond motifs is 1. The first-order valence-electron chi connectivity index (χ1n) is 10.7. The number of alkyl carbamates (subject to hydrolysis) is 1. The summed E-state index contributed by atoms with van der Waals surface area (Å²) in [6, 6.07) is 16.3. The van der Waals surface area contributed by atoms with E-state index in [1.54, 1.807) is 54.6 Å². The molecule has 0 spiro atoms. The van der Waals surface area contributed by atoms with Crippen molar-refractivity contribution in [3.8, 4) is 0 Å². The van der Waals surface area contributed by atoms with Gasteiger partial charge in [-0.1, -0.05) is 112 Å². The van der Waals surface area contributed by atoms with E-state index in [1.165, 1.54) is 0 Å². The topological polar surface area (TPSA) is 102 Å². The Balaban J connectivity index is 1.53. The fourth-order valence-corrected chi connectivity index (χ4v) is 4.53.